The summed E-state index contributed by atoms with van der Waals surface area (Å²) in [5.41, 5.74) is 1.14. The highest BCUT2D eigenvalue weighted by Gasteiger charge is 2.09. The third kappa shape index (κ3) is 2.80. The van der Waals surface area contributed by atoms with E-state index in [1.807, 2.05) is 12.4 Å². The van der Waals surface area contributed by atoms with Gasteiger partial charge in [0, 0.05) is 17.8 Å². The molecule has 0 amide bonds. The molecule has 14 heavy (non-hydrogen) atoms. The molecule has 80 valence electrons. The number of halogens is 1. The molecule has 0 aliphatic heterocycles. The summed E-state index contributed by atoms with van der Waals surface area (Å²) in [5, 5.41) is 7.45. The van der Waals surface area contributed by atoms with Gasteiger partial charge in [0.05, 0.1) is 12.7 Å². The molecule has 0 spiro atoms. The number of alkyl halides is 1. The van der Waals surface area contributed by atoms with Crippen LogP contribution in [0.15, 0.2) is 12.4 Å². The maximum atomic E-state index is 12.0. The van der Waals surface area contributed by atoms with Crippen LogP contribution in [0, 0.1) is 0 Å². The first-order chi connectivity index (χ1) is 6.81. The van der Waals surface area contributed by atoms with E-state index in [4.69, 9.17) is 0 Å². The number of nitrogens with zero attached hydrogens (tertiary/aromatic N) is 2. The Morgan fingerprint density at radius 3 is 2.93 bits per heavy atom. The Bertz CT molecular complexity index is 260. The van der Waals surface area contributed by atoms with Gasteiger partial charge in [-0.25, -0.2) is 4.39 Å². The Balaban J connectivity index is 2.63. The van der Waals surface area contributed by atoms with E-state index >= 15 is 0 Å². The van der Waals surface area contributed by atoms with Crippen LogP contribution in [-0.2, 0) is 6.54 Å². The zero-order chi connectivity index (χ0) is 10.4. The number of hydrogen-bond acceptors (Lipinski definition) is 2. The zero-order valence-corrected chi connectivity index (χ0v) is 8.83. The van der Waals surface area contributed by atoms with E-state index < -0.39 is 0 Å². The molecule has 1 N–H and O–H groups in total. The summed E-state index contributed by atoms with van der Waals surface area (Å²) in [7, 11) is 0. The second kappa shape index (κ2) is 5.75. The molecule has 0 saturated carbocycles. The molecule has 1 rings (SSSR count). The summed E-state index contributed by atoms with van der Waals surface area (Å²) in [6.45, 7) is 5.13. The molecule has 4 heteroatoms. The van der Waals surface area contributed by atoms with Crippen LogP contribution in [0.5, 0.6) is 0 Å². The van der Waals surface area contributed by atoms with Gasteiger partial charge in [-0.3, -0.25) is 4.68 Å². The van der Waals surface area contributed by atoms with Crippen LogP contribution in [0.2, 0.25) is 0 Å². The minimum Gasteiger partial charge on any atom is -0.310 e. The van der Waals surface area contributed by atoms with Crippen LogP contribution in [0.25, 0.3) is 0 Å². The second-order valence-corrected chi connectivity index (χ2v) is 3.24. The topological polar surface area (TPSA) is 29.9 Å². The number of aryl methyl sites for hydroxylation is 1. The Hall–Kier alpha value is -0.900. The van der Waals surface area contributed by atoms with Crippen LogP contribution in [-0.4, -0.2) is 23.0 Å². The predicted molar refractivity (Wildman–Crippen MR) is 54.9 cm³/mol. The summed E-state index contributed by atoms with van der Waals surface area (Å²) >= 11 is 0. The SMILES string of the molecule is CCNC(CC)c1cnn(CCF)c1. The van der Waals surface area contributed by atoms with Gasteiger partial charge >= 0.3 is 0 Å². The predicted octanol–water partition coefficient (Wildman–Crippen LogP) is 1.91. The van der Waals surface area contributed by atoms with Crippen LogP contribution in [0.1, 0.15) is 31.9 Å². The average molecular weight is 199 g/mol. The summed E-state index contributed by atoms with van der Waals surface area (Å²) < 4.78 is 13.7. The molecule has 3 nitrogen and oxygen atoms in total. The van der Waals surface area contributed by atoms with Crippen LogP contribution in [0.3, 0.4) is 0 Å². The monoisotopic (exact) mass is 199 g/mol. The molecule has 0 radical (unpaired) electrons. The van der Waals surface area contributed by atoms with Gasteiger partial charge in [0.15, 0.2) is 0 Å². The second-order valence-electron chi connectivity index (χ2n) is 3.24. The fourth-order valence-corrected chi connectivity index (χ4v) is 1.51. The van der Waals surface area contributed by atoms with Crippen molar-refractivity contribution in [3.8, 4) is 0 Å². The van der Waals surface area contributed by atoms with Crippen LogP contribution >= 0.6 is 0 Å². The number of nitrogens with one attached hydrogen (secondary N) is 1. The minimum atomic E-state index is -0.362. The lowest BCUT2D eigenvalue weighted by Crippen LogP contribution is -2.19. The summed E-state index contributed by atoms with van der Waals surface area (Å²) in [5.74, 6) is 0. The van der Waals surface area contributed by atoms with Gasteiger partial charge in [-0.2, -0.15) is 5.10 Å². The Morgan fingerprint density at radius 2 is 2.36 bits per heavy atom. The molecule has 0 aliphatic rings. The van der Waals surface area contributed by atoms with E-state index in [0.29, 0.717) is 12.6 Å². The van der Waals surface area contributed by atoms with Crippen molar-refractivity contribution >= 4 is 0 Å². The van der Waals surface area contributed by atoms with Crippen LogP contribution in [0.4, 0.5) is 4.39 Å². The lowest BCUT2D eigenvalue weighted by Gasteiger charge is -2.12. The van der Waals surface area contributed by atoms with Crippen molar-refractivity contribution in [1.82, 2.24) is 15.1 Å². The maximum absolute atomic E-state index is 12.0. The van der Waals surface area contributed by atoms with Crippen molar-refractivity contribution in [1.29, 1.82) is 0 Å². The van der Waals surface area contributed by atoms with Crippen molar-refractivity contribution in [2.75, 3.05) is 13.2 Å². The first kappa shape index (κ1) is 11.2. The van der Waals surface area contributed by atoms with Gasteiger partial charge in [-0.05, 0) is 13.0 Å². The standard InChI is InChI=1S/C10H18FN3/c1-3-10(12-4-2)9-7-13-14(8-9)6-5-11/h7-8,10,12H,3-6H2,1-2H3. The smallest absolute Gasteiger partial charge is 0.109 e. The molecular formula is C10H18FN3. The van der Waals surface area contributed by atoms with Crippen molar-refractivity contribution in [3.63, 3.8) is 0 Å². The molecular weight excluding hydrogens is 181 g/mol. The van der Waals surface area contributed by atoms with Crippen molar-refractivity contribution in [2.24, 2.45) is 0 Å². The molecule has 1 heterocycles. The molecule has 1 atom stereocenters. The van der Waals surface area contributed by atoms with Gasteiger partial charge in [0.2, 0.25) is 0 Å². The molecule has 0 aliphatic carbocycles. The van der Waals surface area contributed by atoms with Crippen molar-refractivity contribution in [2.45, 2.75) is 32.9 Å². The largest absolute Gasteiger partial charge is 0.310 e. The number of hydrogen-bond donors (Lipinski definition) is 1. The highest BCUT2D eigenvalue weighted by Crippen LogP contribution is 2.14. The Kier molecular flexibility index (Phi) is 4.59. The number of rotatable bonds is 6. The van der Waals surface area contributed by atoms with Gasteiger partial charge in [-0.15, -0.1) is 0 Å². The first-order valence-corrected chi connectivity index (χ1v) is 5.13. The lowest BCUT2D eigenvalue weighted by atomic mass is 10.1. The highest BCUT2D eigenvalue weighted by molar-refractivity contribution is 5.09. The highest BCUT2D eigenvalue weighted by atomic mass is 19.1. The van der Waals surface area contributed by atoms with Crippen LogP contribution < -0.4 is 5.32 Å². The van der Waals surface area contributed by atoms with E-state index in [-0.39, 0.29) is 6.67 Å². The molecule has 1 aromatic heterocycles. The Labute approximate surface area is 84.3 Å². The summed E-state index contributed by atoms with van der Waals surface area (Å²) in [6.07, 6.45) is 4.75. The minimum absolute atomic E-state index is 0.341. The third-order valence-electron chi connectivity index (χ3n) is 2.23. The molecule has 0 aromatic carbocycles. The average Bonchev–Trinajstić information content (AvgIpc) is 2.63. The third-order valence-corrected chi connectivity index (χ3v) is 2.23. The van der Waals surface area contributed by atoms with E-state index in [2.05, 4.69) is 24.3 Å². The maximum Gasteiger partial charge on any atom is 0.109 e. The van der Waals surface area contributed by atoms with E-state index in [0.717, 1.165) is 18.5 Å². The fourth-order valence-electron chi connectivity index (χ4n) is 1.51. The summed E-state index contributed by atoms with van der Waals surface area (Å²) in [4.78, 5) is 0. The van der Waals surface area contributed by atoms with E-state index in [1.54, 1.807) is 4.68 Å². The summed E-state index contributed by atoms with van der Waals surface area (Å²) in [6, 6.07) is 0.341. The molecule has 0 saturated heterocycles. The normalized spacial score (nSPS) is 13.1. The molecule has 1 unspecified atom stereocenters. The number of aromatic nitrogens is 2. The molecule has 1 aromatic rings. The lowest BCUT2D eigenvalue weighted by molar-refractivity contribution is 0.426. The zero-order valence-electron chi connectivity index (χ0n) is 8.83. The van der Waals surface area contributed by atoms with E-state index in [9.17, 15) is 4.39 Å². The van der Waals surface area contributed by atoms with Crippen molar-refractivity contribution in [3.05, 3.63) is 18.0 Å². The van der Waals surface area contributed by atoms with Gasteiger partial charge < -0.3 is 5.32 Å². The molecule has 0 bridgehead atoms. The van der Waals surface area contributed by atoms with Crippen molar-refractivity contribution < 1.29 is 4.39 Å². The van der Waals surface area contributed by atoms with E-state index in [1.165, 1.54) is 0 Å². The molecule has 0 fully saturated rings. The Morgan fingerprint density at radius 1 is 1.57 bits per heavy atom. The first-order valence-electron chi connectivity index (χ1n) is 5.13. The van der Waals surface area contributed by atoms with Gasteiger partial charge in [0.25, 0.3) is 0 Å². The van der Waals surface area contributed by atoms with Gasteiger partial charge in [-0.1, -0.05) is 13.8 Å². The fraction of sp³-hybridized carbons (Fsp3) is 0.700. The quantitative estimate of drug-likeness (QED) is 0.758. The van der Waals surface area contributed by atoms with Gasteiger partial charge in [0.1, 0.15) is 6.67 Å².